The van der Waals surface area contributed by atoms with Gasteiger partial charge in [-0.1, -0.05) is 36.4 Å². The number of aliphatic hydroxyl groups is 1. The van der Waals surface area contributed by atoms with Crippen molar-refractivity contribution in [1.29, 1.82) is 0 Å². The van der Waals surface area contributed by atoms with E-state index in [1.807, 2.05) is 79.5 Å². The van der Waals surface area contributed by atoms with Crippen molar-refractivity contribution in [2.75, 3.05) is 29.8 Å². The molecular formula is C23H28N4O4. The molecule has 0 radical (unpaired) electrons. The lowest BCUT2D eigenvalue weighted by atomic mass is 9.94. The number of hydrazine groups is 2. The number of benzene rings is 2. The Bertz CT molecular complexity index is 933. The summed E-state index contributed by atoms with van der Waals surface area (Å²) < 4.78 is 0. The number of para-hydroxylation sites is 2. The van der Waals surface area contributed by atoms with Crippen LogP contribution in [-0.2, 0) is 14.4 Å². The molecule has 0 spiro atoms. The lowest BCUT2D eigenvalue weighted by molar-refractivity contribution is -0.141. The number of anilines is 2. The fourth-order valence-electron chi connectivity index (χ4n) is 3.69. The fourth-order valence-corrected chi connectivity index (χ4v) is 3.69. The topological polar surface area (TPSA) is 84.4 Å². The van der Waals surface area contributed by atoms with Crippen molar-refractivity contribution in [1.82, 2.24) is 10.0 Å². The molecular weight excluding hydrogens is 396 g/mol. The highest BCUT2D eigenvalue weighted by atomic mass is 16.3. The predicted octanol–water partition coefficient (Wildman–Crippen LogP) is 2.41. The van der Waals surface area contributed by atoms with Crippen molar-refractivity contribution in [2.24, 2.45) is 5.41 Å². The van der Waals surface area contributed by atoms with Crippen LogP contribution in [0.4, 0.5) is 11.4 Å². The second-order valence-electron chi connectivity index (χ2n) is 8.06. The molecule has 2 aliphatic rings. The van der Waals surface area contributed by atoms with Gasteiger partial charge >= 0.3 is 0 Å². The number of amides is 3. The van der Waals surface area contributed by atoms with Gasteiger partial charge in [0.15, 0.2) is 0 Å². The van der Waals surface area contributed by atoms with E-state index in [1.54, 1.807) is 5.01 Å². The Hall–Kier alpha value is -3.39. The van der Waals surface area contributed by atoms with Gasteiger partial charge in [-0.3, -0.25) is 24.4 Å². The van der Waals surface area contributed by atoms with Crippen LogP contribution >= 0.6 is 0 Å². The minimum Gasteiger partial charge on any atom is -0.374 e. The van der Waals surface area contributed by atoms with E-state index in [2.05, 4.69) is 0 Å². The van der Waals surface area contributed by atoms with E-state index in [0.717, 1.165) is 11.4 Å². The number of hydrogen-bond acceptors (Lipinski definition) is 6. The van der Waals surface area contributed by atoms with Gasteiger partial charge in [0.2, 0.25) is 11.8 Å². The molecule has 8 heteroatoms. The average molecular weight is 425 g/mol. The molecule has 0 aromatic heterocycles. The first-order chi connectivity index (χ1) is 14.8. The van der Waals surface area contributed by atoms with Crippen molar-refractivity contribution < 1.29 is 19.5 Å². The molecule has 0 saturated carbocycles. The van der Waals surface area contributed by atoms with Crippen LogP contribution in [-0.4, -0.2) is 52.7 Å². The summed E-state index contributed by atoms with van der Waals surface area (Å²) in [6.45, 7) is 6.07. The quantitative estimate of drug-likeness (QED) is 0.815. The zero-order valence-electron chi connectivity index (χ0n) is 18.1. The molecule has 2 aliphatic heterocycles. The number of nitrogens with zero attached hydrogens (tertiary/aromatic N) is 4. The molecule has 2 aromatic carbocycles. The molecule has 0 bridgehead atoms. The third kappa shape index (κ3) is 4.69. The summed E-state index contributed by atoms with van der Waals surface area (Å²) in [7, 11) is 0. The highest BCUT2D eigenvalue weighted by molar-refractivity contribution is 5.98. The maximum absolute atomic E-state index is 12.0. The van der Waals surface area contributed by atoms with Crippen LogP contribution in [0.3, 0.4) is 0 Å². The highest BCUT2D eigenvalue weighted by Crippen LogP contribution is 2.32. The molecule has 8 nitrogen and oxygen atoms in total. The van der Waals surface area contributed by atoms with Crippen molar-refractivity contribution in [3.8, 4) is 0 Å². The van der Waals surface area contributed by atoms with Crippen molar-refractivity contribution in [3.05, 3.63) is 60.7 Å². The van der Waals surface area contributed by atoms with Crippen molar-refractivity contribution >= 4 is 29.1 Å². The van der Waals surface area contributed by atoms with E-state index in [4.69, 9.17) is 0 Å². The molecule has 2 aromatic rings. The first-order valence-corrected chi connectivity index (χ1v) is 10.2. The van der Waals surface area contributed by atoms with Gasteiger partial charge in [-0.25, -0.2) is 5.01 Å². The largest absolute Gasteiger partial charge is 0.374 e. The van der Waals surface area contributed by atoms with Gasteiger partial charge in [-0.2, -0.15) is 5.01 Å². The lowest BCUT2D eigenvalue weighted by Crippen LogP contribution is -2.42. The van der Waals surface area contributed by atoms with Gasteiger partial charge in [-0.05, 0) is 38.1 Å². The highest BCUT2D eigenvalue weighted by Gasteiger charge is 2.44. The molecule has 0 atom stereocenters. The summed E-state index contributed by atoms with van der Waals surface area (Å²) in [6, 6.07) is 19.1. The number of hydrogen-bond donors (Lipinski definition) is 1. The first kappa shape index (κ1) is 22.3. The molecule has 1 N–H and O–H groups in total. The molecule has 2 saturated heterocycles. The Kier molecular flexibility index (Phi) is 6.60. The number of carbonyl (C=O) groups is 3. The van der Waals surface area contributed by atoms with Crippen LogP contribution in [0.15, 0.2) is 60.7 Å². The predicted molar refractivity (Wildman–Crippen MR) is 117 cm³/mol. The number of imide groups is 1. The third-order valence-corrected chi connectivity index (χ3v) is 5.21. The molecule has 2 heterocycles. The van der Waals surface area contributed by atoms with E-state index < -0.39 is 5.41 Å². The van der Waals surface area contributed by atoms with Gasteiger partial charge in [0.25, 0.3) is 5.91 Å². The van der Waals surface area contributed by atoms with Gasteiger partial charge < -0.3 is 5.11 Å². The van der Waals surface area contributed by atoms with Crippen LogP contribution in [0.1, 0.15) is 27.2 Å². The summed E-state index contributed by atoms with van der Waals surface area (Å²) in [5, 5.41) is 15.4. The third-order valence-electron chi connectivity index (χ3n) is 5.21. The molecule has 4 rings (SSSR count). The maximum Gasteiger partial charge on any atom is 0.250 e. The smallest absolute Gasteiger partial charge is 0.250 e. The SMILES string of the molecule is CC(=O)N1C(=O)CCN1c1ccccc1.CC1(C)CN(c2ccccc2)N(CO)C1=O. The second kappa shape index (κ2) is 9.18. The first-order valence-electron chi connectivity index (χ1n) is 10.2. The van der Waals surface area contributed by atoms with Gasteiger partial charge in [0.1, 0.15) is 6.73 Å². The van der Waals surface area contributed by atoms with Gasteiger partial charge in [0, 0.05) is 19.9 Å². The summed E-state index contributed by atoms with van der Waals surface area (Å²) in [6.07, 6.45) is 0.397. The van der Waals surface area contributed by atoms with Crippen molar-refractivity contribution in [3.63, 3.8) is 0 Å². The Labute approximate surface area is 182 Å². The Morgan fingerprint density at radius 3 is 1.94 bits per heavy atom. The van der Waals surface area contributed by atoms with Gasteiger partial charge in [-0.15, -0.1) is 0 Å². The summed E-state index contributed by atoms with van der Waals surface area (Å²) >= 11 is 0. The summed E-state index contributed by atoms with van der Waals surface area (Å²) in [4.78, 5) is 34.7. The molecule has 2 fully saturated rings. The van der Waals surface area contributed by atoms with E-state index in [9.17, 15) is 19.5 Å². The van der Waals surface area contributed by atoms with Crippen LogP contribution in [0.5, 0.6) is 0 Å². The monoisotopic (exact) mass is 424 g/mol. The fraction of sp³-hybridized carbons (Fsp3) is 0.348. The Morgan fingerprint density at radius 2 is 1.45 bits per heavy atom. The average Bonchev–Trinajstić information content (AvgIpc) is 3.27. The molecule has 3 amide bonds. The van der Waals surface area contributed by atoms with E-state index in [-0.39, 0.29) is 24.5 Å². The van der Waals surface area contributed by atoms with E-state index in [0.29, 0.717) is 19.5 Å². The zero-order valence-corrected chi connectivity index (χ0v) is 18.1. The van der Waals surface area contributed by atoms with Crippen LogP contribution in [0.2, 0.25) is 0 Å². The molecule has 0 unspecified atom stereocenters. The molecule has 0 aliphatic carbocycles. The normalized spacial score (nSPS) is 17.7. The maximum atomic E-state index is 12.0. The standard InChI is InChI=1S/C12H16N2O2.C11H12N2O2/c1-12(2)8-13(14(9-15)11(12)16)10-6-4-3-5-7-10;1-9(14)13-11(15)7-8-12(13)10-5-3-2-4-6-10/h3-7,15H,8-9H2,1-2H3;2-6H,7-8H2,1H3. The lowest BCUT2D eigenvalue weighted by Gasteiger charge is -2.27. The van der Waals surface area contributed by atoms with E-state index in [1.165, 1.54) is 16.9 Å². The van der Waals surface area contributed by atoms with Crippen LogP contribution < -0.4 is 10.0 Å². The Morgan fingerprint density at radius 1 is 0.935 bits per heavy atom. The van der Waals surface area contributed by atoms with Crippen molar-refractivity contribution in [2.45, 2.75) is 27.2 Å². The minimum atomic E-state index is -0.446. The number of aliphatic hydroxyl groups excluding tert-OH is 1. The molecule has 31 heavy (non-hydrogen) atoms. The van der Waals surface area contributed by atoms with Crippen LogP contribution in [0.25, 0.3) is 0 Å². The zero-order chi connectivity index (χ0) is 22.6. The summed E-state index contributed by atoms with van der Waals surface area (Å²) in [5.74, 6) is -0.411. The molecule has 164 valence electrons. The van der Waals surface area contributed by atoms with Gasteiger partial charge in [0.05, 0.1) is 23.3 Å². The van der Waals surface area contributed by atoms with E-state index >= 15 is 0 Å². The minimum absolute atomic E-state index is 0.0427. The summed E-state index contributed by atoms with van der Waals surface area (Å²) in [5.41, 5.74) is 1.35. The number of carbonyl (C=O) groups excluding carboxylic acids is 3. The Balaban J connectivity index is 0.000000176. The van der Waals surface area contributed by atoms with Crippen LogP contribution in [0, 0.1) is 5.41 Å². The number of rotatable bonds is 3. The second-order valence-corrected chi connectivity index (χ2v) is 8.06.